The molecular formula is C12H19BrN4. The van der Waals surface area contributed by atoms with E-state index in [2.05, 4.69) is 43.5 Å². The van der Waals surface area contributed by atoms with Crippen molar-refractivity contribution in [2.24, 2.45) is 5.92 Å². The van der Waals surface area contributed by atoms with Gasteiger partial charge in [0.1, 0.15) is 5.82 Å². The van der Waals surface area contributed by atoms with Crippen LogP contribution in [-0.4, -0.2) is 22.6 Å². The average Bonchev–Trinajstić information content (AvgIpc) is 3.07. The molecule has 0 aliphatic heterocycles. The molecule has 2 rings (SSSR count). The number of nitrogens with zero attached hydrogens (tertiary/aromatic N) is 2. The lowest BCUT2D eigenvalue weighted by Gasteiger charge is -2.15. The normalized spacial score (nSPS) is 16.6. The van der Waals surface area contributed by atoms with E-state index in [0.717, 1.165) is 22.8 Å². The Morgan fingerprint density at radius 3 is 2.94 bits per heavy atom. The smallest absolute Gasteiger partial charge is 0.224 e. The molecule has 5 heteroatoms. The predicted molar refractivity (Wildman–Crippen MR) is 74.3 cm³/mol. The number of aromatic nitrogens is 2. The Hall–Kier alpha value is -0.840. The summed E-state index contributed by atoms with van der Waals surface area (Å²) in [4.78, 5) is 8.65. The second-order valence-corrected chi connectivity index (χ2v) is 5.50. The van der Waals surface area contributed by atoms with Crippen LogP contribution in [0.3, 0.4) is 0 Å². The number of anilines is 2. The first-order valence-corrected chi connectivity index (χ1v) is 7.01. The van der Waals surface area contributed by atoms with E-state index in [1.807, 2.05) is 6.92 Å². The molecule has 4 nitrogen and oxygen atoms in total. The van der Waals surface area contributed by atoms with E-state index >= 15 is 0 Å². The Morgan fingerprint density at radius 2 is 2.29 bits per heavy atom. The topological polar surface area (TPSA) is 49.8 Å². The number of nitrogens with one attached hydrogen (secondary N) is 2. The molecule has 1 atom stereocenters. The summed E-state index contributed by atoms with van der Waals surface area (Å²) in [7, 11) is 0. The fraction of sp³-hybridized carbons (Fsp3) is 0.667. The molecule has 0 amide bonds. The SMILES string of the molecule is CCNc1ncc(Br)c(NC(C)CC2CC2)n1. The molecule has 0 radical (unpaired) electrons. The van der Waals surface area contributed by atoms with Crippen molar-refractivity contribution in [3.05, 3.63) is 10.7 Å². The van der Waals surface area contributed by atoms with Crippen LogP contribution >= 0.6 is 15.9 Å². The average molecular weight is 299 g/mol. The lowest BCUT2D eigenvalue weighted by atomic mass is 10.1. The van der Waals surface area contributed by atoms with Crippen LogP contribution in [0.4, 0.5) is 11.8 Å². The summed E-state index contributed by atoms with van der Waals surface area (Å²) in [5, 5.41) is 6.56. The fourth-order valence-corrected chi connectivity index (χ4v) is 2.16. The van der Waals surface area contributed by atoms with Gasteiger partial charge in [0, 0.05) is 18.8 Å². The summed E-state index contributed by atoms with van der Waals surface area (Å²) in [6.45, 7) is 5.08. The van der Waals surface area contributed by atoms with Gasteiger partial charge in [0.2, 0.25) is 5.95 Å². The van der Waals surface area contributed by atoms with Gasteiger partial charge in [-0.05, 0) is 42.1 Å². The van der Waals surface area contributed by atoms with E-state index < -0.39 is 0 Å². The lowest BCUT2D eigenvalue weighted by molar-refractivity contribution is 0.639. The number of halogens is 1. The van der Waals surface area contributed by atoms with E-state index in [9.17, 15) is 0 Å². The monoisotopic (exact) mass is 298 g/mol. The molecule has 1 heterocycles. The first-order chi connectivity index (χ1) is 8.19. The van der Waals surface area contributed by atoms with Gasteiger partial charge in [-0.15, -0.1) is 0 Å². The summed E-state index contributed by atoms with van der Waals surface area (Å²) < 4.78 is 0.918. The molecule has 1 fully saturated rings. The van der Waals surface area contributed by atoms with Gasteiger partial charge in [-0.2, -0.15) is 4.98 Å². The molecule has 1 aromatic heterocycles. The Kier molecular flexibility index (Phi) is 4.20. The van der Waals surface area contributed by atoms with E-state index in [4.69, 9.17) is 0 Å². The summed E-state index contributed by atoms with van der Waals surface area (Å²) in [5.74, 6) is 2.48. The van der Waals surface area contributed by atoms with Gasteiger partial charge in [0.25, 0.3) is 0 Å². The highest BCUT2D eigenvalue weighted by Crippen LogP contribution is 2.34. The van der Waals surface area contributed by atoms with Crippen LogP contribution in [0.5, 0.6) is 0 Å². The van der Waals surface area contributed by atoms with Crippen molar-refractivity contribution in [2.75, 3.05) is 17.2 Å². The molecule has 1 aliphatic carbocycles. The molecule has 0 saturated heterocycles. The molecule has 0 aromatic carbocycles. The molecule has 0 spiro atoms. The third kappa shape index (κ3) is 3.84. The summed E-state index contributed by atoms with van der Waals surface area (Å²) in [5.41, 5.74) is 0. The second kappa shape index (κ2) is 5.67. The molecule has 1 saturated carbocycles. The highest BCUT2D eigenvalue weighted by Gasteiger charge is 2.23. The van der Waals surface area contributed by atoms with Crippen LogP contribution < -0.4 is 10.6 Å². The molecule has 2 N–H and O–H groups in total. The third-order valence-corrected chi connectivity index (χ3v) is 3.43. The Morgan fingerprint density at radius 1 is 1.53 bits per heavy atom. The maximum Gasteiger partial charge on any atom is 0.224 e. The summed E-state index contributed by atoms with van der Waals surface area (Å²) in [6.07, 6.45) is 5.80. The standard InChI is InChI=1S/C12H19BrN4/c1-3-14-12-15-7-10(13)11(17-12)16-8(2)6-9-4-5-9/h7-9H,3-6H2,1-2H3,(H2,14,15,16,17). The van der Waals surface area contributed by atoms with Crippen molar-refractivity contribution in [3.8, 4) is 0 Å². The van der Waals surface area contributed by atoms with Crippen molar-refractivity contribution in [3.63, 3.8) is 0 Å². The fourth-order valence-electron chi connectivity index (χ4n) is 1.86. The molecule has 1 aromatic rings. The molecule has 17 heavy (non-hydrogen) atoms. The van der Waals surface area contributed by atoms with Crippen molar-refractivity contribution in [1.29, 1.82) is 0 Å². The number of rotatable bonds is 6. The Bertz CT molecular complexity index is 379. The zero-order chi connectivity index (χ0) is 12.3. The molecule has 1 unspecified atom stereocenters. The lowest BCUT2D eigenvalue weighted by Crippen LogP contribution is -2.17. The van der Waals surface area contributed by atoms with Crippen LogP contribution in [0.2, 0.25) is 0 Å². The van der Waals surface area contributed by atoms with Gasteiger partial charge < -0.3 is 10.6 Å². The first kappa shape index (κ1) is 12.6. The van der Waals surface area contributed by atoms with Gasteiger partial charge in [0.15, 0.2) is 0 Å². The summed E-state index contributed by atoms with van der Waals surface area (Å²) >= 11 is 3.48. The van der Waals surface area contributed by atoms with E-state index in [-0.39, 0.29) is 0 Å². The van der Waals surface area contributed by atoms with Crippen LogP contribution in [0, 0.1) is 5.92 Å². The zero-order valence-corrected chi connectivity index (χ0v) is 11.9. The van der Waals surface area contributed by atoms with Crippen LogP contribution in [-0.2, 0) is 0 Å². The minimum absolute atomic E-state index is 0.461. The van der Waals surface area contributed by atoms with Gasteiger partial charge in [0.05, 0.1) is 4.47 Å². The van der Waals surface area contributed by atoms with Gasteiger partial charge in [-0.25, -0.2) is 4.98 Å². The van der Waals surface area contributed by atoms with E-state index in [1.54, 1.807) is 6.20 Å². The molecule has 1 aliphatic rings. The van der Waals surface area contributed by atoms with Crippen molar-refractivity contribution in [1.82, 2.24) is 9.97 Å². The highest BCUT2D eigenvalue weighted by molar-refractivity contribution is 9.10. The minimum atomic E-state index is 0.461. The second-order valence-electron chi connectivity index (χ2n) is 4.64. The number of hydrogen-bond donors (Lipinski definition) is 2. The predicted octanol–water partition coefficient (Wildman–Crippen LogP) is 3.27. The number of hydrogen-bond acceptors (Lipinski definition) is 4. The molecule has 94 valence electrons. The van der Waals surface area contributed by atoms with Gasteiger partial charge in [-0.3, -0.25) is 0 Å². The van der Waals surface area contributed by atoms with E-state index in [0.29, 0.717) is 12.0 Å². The van der Waals surface area contributed by atoms with Crippen LogP contribution in [0.1, 0.15) is 33.1 Å². The van der Waals surface area contributed by atoms with Gasteiger partial charge in [-0.1, -0.05) is 12.8 Å². The Balaban J connectivity index is 1.99. The summed E-state index contributed by atoms with van der Waals surface area (Å²) in [6, 6.07) is 0.461. The zero-order valence-electron chi connectivity index (χ0n) is 10.3. The van der Waals surface area contributed by atoms with Crippen LogP contribution in [0.25, 0.3) is 0 Å². The Labute approximate surface area is 111 Å². The first-order valence-electron chi connectivity index (χ1n) is 6.22. The maximum atomic E-state index is 4.45. The maximum absolute atomic E-state index is 4.45. The van der Waals surface area contributed by atoms with Crippen molar-refractivity contribution >= 4 is 27.7 Å². The van der Waals surface area contributed by atoms with Crippen LogP contribution in [0.15, 0.2) is 10.7 Å². The minimum Gasteiger partial charge on any atom is -0.367 e. The van der Waals surface area contributed by atoms with Crippen molar-refractivity contribution < 1.29 is 0 Å². The quantitative estimate of drug-likeness (QED) is 0.846. The van der Waals surface area contributed by atoms with E-state index in [1.165, 1.54) is 19.3 Å². The molecular weight excluding hydrogens is 280 g/mol. The molecule has 0 bridgehead atoms. The third-order valence-electron chi connectivity index (χ3n) is 2.85. The van der Waals surface area contributed by atoms with Crippen molar-refractivity contribution in [2.45, 2.75) is 39.2 Å². The largest absolute Gasteiger partial charge is 0.367 e. The highest BCUT2D eigenvalue weighted by atomic mass is 79.9. The van der Waals surface area contributed by atoms with Gasteiger partial charge >= 0.3 is 0 Å².